The maximum Gasteiger partial charge on any atom is 0.0481 e. The van der Waals surface area contributed by atoms with E-state index in [0.717, 1.165) is 11.0 Å². The molecular weight excluding hydrogens is 273 g/mol. The van der Waals surface area contributed by atoms with Crippen LogP contribution in [0, 0.1) is 5.92 Å². The lowest BCUT2D eigenvalue weighted by Crippen LogP contribution is -2.07. The van der Waals surface area contributed by atoms with Crippen LogP contribution in [-0.4, -0.2) is 10.4 Å². The quantitative estimate of drug-likeness (QED) is 0.742. The van der Waals surface area contributed by atoms with E-state index in [2.05, 4.69) is 57.9 Å². The number of fused-ring (bicyclic) bond motifs is 1. The smallest absolute Gasteiger partial charge is 0.0481 e. The van der Waals surface area contributed by atoms with E-state index < -0.39 is 0 Å². The van der Waals surface area contributed by atoms with Crippen LogP contribution in [0.15, 0.2) is 34.9 Å². The van der Waals surface area contributed by atoms with Gasteiger partial charge < -0.3 is 4.57 Å². The summed E-state index contributed by atoms with van der Waals surface area (Å²) in [6, 6.07) is 8.49. The van der Waals surface area contributed by atoms with Crippen molar-refractivity contribution in [2.24, 2.45) is 5.92 Å². The molecule has 0 radical (unpaired) electrons. The van der Waals surface area contributed by atoms with Gasteiger partial charge in [0, 0.05) is 34.0 Å². The first-order chi connectivity index (χ1) is 7.20. The van der Waals surface area contributed by atoms with Crippen LogP contribution in [0.5, 0.6) is 0 Å². The van der Waals surface area contributed by atoms with E-state index in [1.54, 1.807) is 0 Å². The van der Waals surface area contributed by atoms with Crippen LogP contribution >= 0.6 is 27.5 Å². The normalized spacial score (nSPS) is 13.3. The number of benzene rings is 1. The fourth-order valence-electron chi connectivity index (χ4n) is 1.71. The minimum Gasteiger partial charge on any atom is -0.347 e. The van der Waals surface area contributed by atoms with Gasteiger partial charge in [0.1, 0.15) is 0 Å². The lowest BCUT2D eigenvalue weighted by molar-refractivity contribution is 0.540. The number of aromatic nitrogens is 1. The molecule has 1 nitrogen and oxygen atoms in total. The molecule has 0 amide bonds. The number of hydrogen-bond acceptors (Lipinski definition) is 0. The number of alkyl halides is 1. The molecule has 2 aromatic rings. The number of hydrogen-bond donors (Lipinski definition) is 0. The van der Waals surface area contributed by atoms with Gasteiger partial charge >= 0.3 is 0 Å². The van der Waals surface area contributed by atoms with Crippen molar-refractivity contribution in [2.45, 2.75) is 13.5 Å². The molecule has 1 heterocycles. The number of halogens is 2. The highest BCUT2D eigenvalue weighted by Gasteiger charge is 2.05. The van der Waals surface area contributed by atoms with Gasteiger partial charge in [-0.2, -0.15) is 0 Å². The average molecular weight is 287 g/mol. The molecule has 0 aliphatic heterocycles. The second-order valence-corrected chi connectivity index (χ2v) is 5.15. The van der Waals surface area contributed by atoms with Gasteiger partial charge in [0.25, 0.3) is 0 Å². The van der Waals surface area contributed by atoms with Gasteiger partial charge in [-0.1, -0.05) is 22.9 Å². The predicted molar refractivity (Wildman–Crippen MR) is 69.5 cm³/mol. The van der Waals surface area contributed by atoms with Gasteiger partial charge in [-0.25, -0.2) is 0 Å². The van der Waals surface area contributed by atoms with E-state index in [9.17, 15) is 0 Å². The van der Waals surface area contributed by atoms with Crippen molar-refractivity contribution in [3.63, 3.8) is 0 Å². The minimum atomic E-state index is 0.505. The fraction of sp³-hybridized carbons (Fsp3) is 0.333. The highest BCUT2D eigenvalue weighted by atomic mass is 79.9. The number of rotatable bonds is 3. The Morgan fingerprint density at radius 1 is 1.40 bits per heavy atom. The first-order valence-corrected chi connectivity index (χ1v) is 6.34. The van der Waals surface area contributed by atoms with E-state index in [-0.39, 0.29) is 0 Å². The van der Waals surface area contributed by atoms with Crippen molar-refractivity contribution < 1.29 is 0 Å². The summed E-state index contributed by atoms with van der Waals surface area (Å²) in [7, 11) is 0. The predicted octanol–water partition coefficient (Wildman–Crippen LogP) is 4.28. The maximum atomic E-state index is 5.82. The van der Waals surface area contributed by atoms with Crippen LogP contribution in [0.3, 0.4) is 0 Å². The summed E-state index contributed by atoms with van der Waals surface area (Å²) in [5, 5.41) is 1.27. The molecule has 15 heavy (non-hydrogen) atoms. The largest absolute Gasteiger partial charge is 0.347 e. The molecule has 3 heteroatoms. The molecular formula is C12H13BrClN. The molecule has 0 N–H and O–H groups in total. The first kappa shape index (κ1) is 11.0. The third kappa shape index (κ3) is 2.37. The minimum absolute atomic E-state index is 0.505. The number of nitrogens with zero attached hydrogens (tertiary/aromatic N) is 1. The van der Waals surface area contributed by atoms with Crippen molar-refractivity contribution in [3.05, 3.63) is 34.9 Å². The van der Waals surface area contributed by atoms with Crippen LogP contribution in [0.25, 0.3) is 10.9 Å². The third-order valence-electron chi connectivity index (χ3n) is 2.50. The Kier molecular flexibility index (Phi) is 3.37. The first-order valence-electron chi connectivity index (χ1n) is 5.01. The van der Waals surface area contributed by atoms with Crippen LogP contribution in [0.4, 0.5) is 0 Å². The van der Waals surface area contributed by atoms with Crippen LogP contribution in [0.1, 0.15) is 6.92 Å². The Hall–Kier alpha value is -0.470. The van der Waals surface area contributed by atoms with Crippen LogP contribution in [-0.2, 0) is 6.54 Å². The van der Waals surface area contributed by atoms with Crippen molar-refractivity contribution in [3.8, 4) is 0 Å². The van der Waals surface area contributed by atoms with E-state index >= 15 is 0 Å². The van der Waals surface area contributed by atoms with E-state index in [0.29, 0.717) is 11.8 Å². The summed E-state index contributed by atoms with van der Waals surface area (Å²) in [6.45, 7) is 3.15. The molecule has 0 spiro atoms. The van der Waals surface area contributed by atoms with Crippen LogP contribution < -0.4 is 0 Å². The molecule has 1 aromatic heterocycles. The second-order valence-electron chi connectivity index (χ2n) is 3.93. The molecule has 2 rings (SSSR count). The SMILES string of the molecule is CC(CCl)Cn1ccc2cc(Br)ccc21. The lowest BCUT2D eigenvalue weighted by Gasteiger charge is -2.10. The molecule has 80 valence electrons. The average Bonchev–Trinajstić information content (AvgIpc) is 2.60. The maximum absolute atomic E-state index is 5.82. The van der Waals surface area contributed by atoms with E-state index in [4.69, 9.17) is 11.6 Å². The van der Waals surface area contributed by atoms with Crippen LogP contribution in [0.2, 0.25) is 0 Å². The van der Waals surface area contributed by atoms with Crippen molar-refractivity contribution >= 4 is 38.4 Å². The summed E-state index contributed by atoms with van der Waals surface area (Å²) in [5.74, 6) is 1.21. The van der Waals surface area contributed by atoms with Gasteiger partial charge in [0.15, 0.2) is 0 Å². The molecule has 1 atom stereocenters. The van der Waals surface area contributed by atoms with Gasteiger partial charge in [-0.05, 0) is 30.2 Å². The van der Waals surface area contributed by atoms with Crippen molar-refractivity contribution in [2.75, 3.05) is 5.88 Å². The summed E-state index contributed by atoms with van der Waals surface area (Å²) >= 11 is 9.30. The zero-order chi connectivity index (χ0) is 10.8. The molecule has 0 bridgehead atoms. The molecule has 0 saturated carbocycles. The Balaban J connectivity index is 2.36. The van der Waals surface area contributed by atoms with Gasteiger partial charge in [-0.3, -0.25) is 0 Å². The monoisotopic (exact) mass is 285 g/mol. The molecule has 0 fully saturated rings. The lowest BCUT2D eigenvalue weighted by atomic mass is 10.2. The highest BCUT2D eigenvalue weighted by molar-refractivity contribution is 9.10. The summed E-state index contributed by atoms with van der Waals surface area (Å²) in [5.41, 5.74) is 1.27. The Bertz CT molecular complexity index is 464. The Morgan fingerprint density at radius 2 is 2.20 bits per heavy atom. The summed E-state index contributed by atoms with van der Waals surface area (Å²) < 4.78 is 3.38. The zero-order valence-electron chi connectivity index (χ0n) is 8.58. The fourth-order valence-corrected chi connectivity index (χ4v) is 2.19. The van der Waals surface area contributed by atoms with Gasteiger partial charge in [-0.15, -0.1) is 11.6 Å². The standard InChI is InChI=1S/C12H13BrClN/c1-9(7-14)8-15-5-4-10-6-11(13)2-3-12(10)15/h2-6,9H,7-8H2,1H3. The molecule has 0 aliphatic rings. The van der Waals surface area contributed by atoms with Crippen molar-refractivity contribution in [1.29, 1.82) is 0 Å². The second kappa shape index (κ2) is 4.58. The molecule has 1 unspecified atom stereocenters. The molecule has 0 aliphatic carbocycles. The Labute approximate surface area is 103 Å². The summed E-state index contributed by atoms with van der Waals surface area (Å²) in [4.78, 5) is 0. The van der Waals surface area contributed by atoms with Gasteiger partial charge in [0.2, 0.25) is 0 Å². The van der Waals surface area contributed by atoms with Crippen molar-refractivity contribution in [1.82, 2.24) is 4.57 Å². The van der Waals surface area contributed by atoms with E-state index in [1.807, 2.05) is 0 Å². The third-order valence-corrected chi connectivity index (χ3v) is 3.52. The summed E-state index contributed by atoms with van der Waals surface area (Å²) in [6.07, 6.45) is 2.13. The molecule has 0 saturated heterocycles. The molecule has 1 aromatic carbocycles. The Morgan fingerprint density at radius 3 is 2.93 bits per heavy atom. The topological polar surface area (TPSA) is 4.93 Å². The van der Waals surface area contributed by atoms with Gasteiger partial charge in [0.05, 0.1) is 0 Å². The zero-order valence-corrected chi connectivity index (χ0v) is 10.9. The highest BCUT2D eigenvalue weighted by Crippen LogP contribution is 2.21. The van der Waals surface area contributed by atoms with E-state index in [1.165, 1.54) is 10.9 Å².